The van der Waals surface area contributed by atoms with Crippen molar-refractivity contribution in [3.8, 4) is 0 Å². The Morgan fingerprint density at radius 3 is 2.28 bits per heavy atom. The number of benzene rings is 2. The molecule has 0 radical (unpaired) electrons. The summed E-state index contributed by atoms with van der Waals surface area (Å²) in [7, 11) is 0. The molecular weight excluding hydrogens is 444 g/mol. The number of carbonyl (C=O) groups is 2. The second kappa shape index (κ2) is 8.26. The molecule has 1 aliphatic rings. The van der Waals surface area contributed by atoms with Gasteiger partial charge >= 0.3 is 18.3 Å². The number of hydrogen-bond donors (Lipinski definition) is 2. The Hall–Kier alpha value is -3.41. The number of carbonyl (C=O) groups excluding carboxylic acids is 2. The van der Waals surface area contributed by atoms with Gasteiger partial charge in [0.25, 0.3) is 5.72 Å². The third-order valence-electron chi connectivity index (χ3n) is 4.58. The fourth-order valence-electron chi connectivity index (χ4n) is 3.01. The molecule has 0 aliphatic carbocycles. The van der Waals surface area contributed by atoms with Gasteiger partial charge in [-0.25, -0.2) is 0 Å². The van der Waals surface area contributed by atoms with Crippen LogP contribution in [0.2, 0.25) is 0 Å². The number of nitrogens with zero attached hydrogens (tertiary/aromatic N) is 2. The first-order chi connectivity index (χ1) is 14.8. The van der Waals surface area contributed by atoms with Crippen LogP contribution in [-0.2, 0) is 16.0 Å². The van der Waals surface area contributed by atoms with E-state index in [1.165, 1.54) is 24.3 Å². The highest BCUT2D eigenvalue weighted by atomic mass is 19.4. The summed E-state index contributed by atoms with van der Waals surface area (Å²) in [4.78, 5) is 23.7. The van der Waals surface area contributed by atoms with Crippen LogP contribution >= 0.6 is 0 Å². The maximum atomic E-state index is 13.7. The fraction of sp³-hybridized carbons (Fsp3) is 0.250. The quantitative estimate of drug-likeness (QED) is 0.686. The van der Waals surface area contributed by atoms with E-state index in [0.29, 0.717) is 5.56 Å². The summed E-state index contributed by atoms with van der Waals surface area (Å²) in [5.41, 5.74) is -4.10. The Kier molecular flexibility index (Phi) is 6.00. The highest BCUT2D eigenvalue weighted by molar-refractivity contribution is 6.05. The molecule has 170 valence electrons. The first kappa shape index (κ1) is 23.3. The molecule has 0 saturated heterocycles. The van der Waals surface area contributed by atoms with Crippen molar-refractivity contribution in [1.82, 2.24) is 5.01 Å². The van der Waals surface area contributed by atoms with E-state index >= 15 is 0 Å². The minimum Gasteiger partial charge on any atom is -0.362 e. The van der Waals surface area contributed by atoms with Gasteiger partial charge in [0.15, 0.2) is 0 Å². The van der Waals surface area contributed by atoms with Crippen LogP contribution in [0.3, 0.4) is 0 Å². The lowest BCUT2D eigenvalue weighted by Gasteiger charge is -2.32. The predicted octanol–water partition coefficient (Wildman–Crippen LogP) is 3.62. The van der Waals surface area contributed by atoms with Crippen LogP contribution < -0.4 is 5.32 Å². The molecule has 0 spiro atoms. The monoisotopic (exact) mass is 459 g/mol. The van der Waals surface area contributed by atoms with Crippen molar-refractivity contribution in [3.63, 3.8) is 0 Å². The van der Waals surface area contributed by atoms with Crippen molar-refractivity contribution in [2.75, 3.05) is 5.32 Å². The second-order valence-electron chi connectivity index (χ2n) is 6.94. The average molecular weight is 459 g/mol. The van der Waals surface area contributed by atoms with Gasteiger partial charge < -0.3 is 10.4 Å². The van der Waals surface area contributed by atoms with Crippen LogP contribution in [-0.4, -0.2) is 45.7 Å². The number of halogens is 6. The molecule has 0 bridgehead atoms. The van der Waals surface area contributed by atoms with E-state index < -0.39 is 48.4 Å². The van der Waals surface area contributed by atoms with Gasteiger partial charge in [0, 0.05) is 5.69 Å². The number of aliphatic hydroxyl groups is 1. The summed E-state index contributed by atoms with van der Waals surface area (Å²) in [6, 6.07) is 12.3. The van der Waals surface area contributed by atoms with Crippen molar-refractivity contribution in [2.24, 2.45) is 5.10 Å². The molecule has 12 heteroatoms. The maximum absolute atomic E-state index is 13.7. The minimum atomic E-state index is -5.27. The number of rotatable bonds is 4. The normalized spacial score (nSPS) is 19.0. The SMILES string of the molecule is O=C(Cc1ccccc1)N1N=C(c2cccc(NC(=O)C(F)(F)F)c2)CC1(O)C(F)(F)F. The summed E-state index contributed by atoms with van der Waals surface area (Å²) in [5.74, 6) is -3.40. The van der Waals surface area contributed by atoms with Crippen molar-refractivity contribution >= 4 is 23.2 Å². The highest BCUT2D eigenvalue weighted by Crippen LogP contribution is 2.41. The van der Waals surface area contributed by atoms with E-state index in [1.54, 1.807) is 23.5 Å². The summed E-state index contributed by atoms with van der Waals surface area (Å²) >= 11 is 0. The van der Waals surface area contributed by atoms with Crippen LogP contribution in [0.15, 0.2) is 59.7 Å². The second-order valence-corrected chi connectivity index (χ2v) is 6.94. The molecule has 0 fully saturated rings. The van der Waals surface area contributed by atoms with Crippen LogP contribution in [0.4, 0.5) is 32.0 Å². The molecule has 32 heavy (non-hydrogen) atoms. The molecule has 1 atom stereocenters. The van der Waals surface area contributed by atoms with Gasteiger partial charge in [-0.2, -0.15) is 36.5 Å². The zero-order chi connectivity index (χ0) is 23.7. The predicted molar refractivity (Wildman–Crippen MR) is 100 cm³/mol. The number of alkyl halides is 6. The lowest BCUT2D eigenvalue weighted by molar-refractivity contribution is -0.302. The Morgan fingerprint density at radius 2 is 1.69 bits per heavy atom. The van der Waals surface area contributed by atoms with E-state index in [-0.39, 0.29) is 16.3 Å². The van der Waals surface area contributed by atoms with Gasteiger partial charge in [-0.3, -0.25) is 9.59 Å². The molecular formula is C20H15F6N3O3. The summed E-state index contributed by atoms with van der Waals surface area (Å²) < 4.78 is 78.4. The maximum Gasteiger partial charge on any atom is 0.471 e. The lowest BCUT2D eigenvalue weighted by atomic mass is 10.00. The van der Waals surface area contributed by atoms with Crippen molar-refractivity contribution in [3.05, 3.63) is 65.7 Å². The van der Waals surface area contributed by atoms with Gasteiger partial charge in [0.05, 0.1) is 18.6 Å². The molecule has 2 aromatic rings. The third-order valence-corrected chi connectivity index (χ3v) is 4.58. The molecule has 3 rings (SSSR count). The Bertz CT molecular complexity index is 1050. The largest absolute Gasteiger partial charge is 0.471 e. The molecule has 2 aromatic carbocycles. The molecule has 1 aliphatic heterocycles. The number of hydrogen-bond acceptors (Lipinski definition) is 4. The van der Waals surface area contributed by atoms with E-state index in [1.807, 2.05) is 0 Å². The Balaban J connectivity index is 1.92. The first-order valence-corrected chi connectivity index (χ1v) is 9.03. The summed E-state index contributed by atoms with van der Waals surface area (Å²) in [5, 5.41) is 15.5. The van der Waals surface area contributed by atoms with E-state index in [0.717, 1.165) is 12.1 Å². The van der Waals surface area contributed by atoms with Gasteiger partial charge in [-0.15, -0.1) is 0 Å². The molecule has 6 nitrogen and oxygen atoms in total. The first-order valence-electron chi connectivity index (χ1n) is 9.03. The van der Waals surface area contributed by atoms with Gasteiger partial charge in [-0.05, 0) is 23.3 Å². The van der Waals surface area contributed by atoms with E-state index in [2.05, 4.69) is 5.10 Å². The third kappa shape index (κ3) is 4.74. The molecule has 2 N–H and O–H groups in total. The van der Waals surface area contributed by atoms with Crippen molar-refractivity contribution in [1.29, 1.82) is 0 Å². The van der Waals surface area contributed by atoms with Crippen molar-refractivity contribution < 1.29 is 41.0 Å². The zero-order valence-corrected chi connectivity index (χ0v) is 16.0. The number of nitrogens with one attached hydrogen (secondary N) is 1. The van der Waals surface area contributed by atoms with Crippen LogP contribution in [0.25, 0.3) is 0 Å². The highest BCUT2D eigenvalue weighted by Gasteiger charge is 2.63. The summed E-state index contributed by atoms with van der Waals surface area (Å²) in [6.07, 6.45) is -12.1. The topological polar surface area (TPSA) is 82.0 Å². The molecule has 1 unspecified atom stereocenters. The number of amides is 2. The van der Waals surface area contributed by atoms with Crippen LogP contribution in [0, 0.1) is 0 Å². The molecule has 0 saturated carbocycles. The lowest BCUT2D eigenvalue weighted by Crippen LogP contribution is -2.57. The standard InChI is InChI=1S/C20H15F6N3O3/c21-19(22,23)17(31)27-14-8-4-7-13(10-14)15-11-18(32,20(24,25)26)29(28-15)16(30)9-12-5-2-1-3-6-12/h1-8,10,32H,9,11H2,(H,27,31). The molecule has 0 aromatic heterocycles. The summed E-state index contributed by atoms with van der Waals surface area (Å²) in [6.45, 7) is 0. The Morgan fingerprint density at radius 1 is 1.03 bits per heavy atom. The molecule has 2 amide bonds. The van der Waals surface area contributed by atoms with E-state index in [4.69, 9.17) is 0 Å². The smallest absolute Gasteiger partial charge is 0.362 e. The van der Waals surface area contributed by atoms with Gasteiger partial charge in [0.2, 0.25) is 5.91 Å². The number of anilines is 1. The van der Waals surface area contributed by atoms with Crippen molar-refractivity contribution in [2.45, 2.75) is 30.9 Å². The Labute approximate surface area is 177 Å². The molecule has 1 heterocycles. The zero-order valence-electron chi connectivity index (χ0n) is 16.0. The number of hydrazone groups is 1. The fourth-order valence-corrected chi connectivity index (χ4v) is 3.01. The minimum absolute atomic E-state index is 0.0592. The van der Waals surface area contributed by atoms with Crippen LogP contribution in [0.1, 0.15) is 17.5 Å². The van der Waals surface area contributed by atoms with E-state index in [9.17, 15) is 41.0 Å². The van der Waals surface area contributed by atoms with Gasteiger partial charge in [-0.1, -0.05) is 42.5 Å². The van der Waals surface area contributed by atoms with Gasteiger partial charge in [0.1, 0.15) is 0 Å². The van der Waals surface area contributed by atoms with Crippen LogP contribution in [0.5, 0.6) is 0 Å². The average Bonchev–Trinajstić information content (AvgIpc) is 3.07.